The molecule has 1 aliphatic rings. The highest BCUT2D eigenvalue weighted by atomic mass is 16.6. The molecule has 1 saturated heterocycles. The maximum Gasteiger partial charge on any atom is 0.410 e. The number of ether oxygens (including phenoxy) is 1. The van der Waals surface area contributed by atoms with E-state index in [0.717, 1.165) is 11.1 Å². The van der Waals surface area contributed by atoms with E-state index in [0.29, 0.717) is 32.4 Å². The minimum Gasteiger partial charge on any atom is -0.481 e. The fraction of sp³-hybridized carbons (Fsp3) is 0.524. The summed E-state index contributed by atoms with van der Waals surface area (Å²) in [6, 6.07) is 7.45. The first-order valence-electron chi connectivity index (χ1n) is 8.96. The smallest absolute Gasteiger partial charge is 0.410 e. The zero-order valence-corrected chi connectivity index (χ0v) is 15.7. The topological polar surface area (TPSA) is 66.8 Å². The summed E-state index contributed by atoms with van der Waals surface area (Å²) in [5.74, 6) is 1.34. The highest BCUT2D eigenvalue weighted by molar-refractivity contribution is 5.71. The average molecular weight is 357 g/mol. The summed E-state index contributed by atoms with van der Waals surface area (Å²) < 4.78 is 5.39. The van der Waals surface area contributed by atoms with Crippen LogP contribution in [0.15, 0.2) is 24.3 Å². The standard InChI is InChI=1S/C21H27NO4/c1-5-15-6-8-16(9-7-15)14-18(19(23)24)17-10-12-22(13-11-17)20(25)26-21(2,3)4/h1,6-9,17-18H,10-14H2,2-4H3,(H,23,24). The van der Waals surface area contributed by atoms with Gasteiger partial charge in [-0.05, 0) is 63.6 Å². The van der Waals surface area contributed by atoms with Gasteiger partial charge >= 0.3 is 12.1 Å². The lowest BCUT2D eigenvalue weighted by molar-refractivity contribution is -0.144. The number of carboxylic acids is 1. The van der Waals surface area contributed by atoms with Crippen LogP contribution in [0.1, 0.15) is 44.7 Å². The number of piperidine rings is 1. The first kappa shape index (κ1) is 19.8. The minimum absolute atomic E-state index is 0.0403. The van der Waals surface area contributed by atoms with Crippen LogP contribution in [-0.2, 0) is 16.0 Å². The molecule has 5 nitrogen and oxygen atoms in total. The number of carbonyl (C=O) groups excluding carboxylic acids is 1. The molecule has 26 heavy (non-hydrogen) atoms. The van der Waals surface area contributed by atoms with Crippen molar-refractivity contribution in [2.75, 3.05) is 13.1 Å². The van der Waals surface area contributed by atoms with Crippen molar-refractivity contribution in [3.05, 3.63) is 35.4 Å². The van der Waals surface area contributed by atoms with Crippen molar-refractivity contribution in [2.45, 2.75) is 45.6 Å². The van der Waals surface area contributed by atoms with Crippen LogP contribution in [0.3, 0.4) is 0 Å². The van der Waals surface area contributed by atoms with Gasteiger partial charge in [0.1, 0.15) is 5.60 Å². The van der Waals surface area contributed by atoms with Gasteiger partial charge in [0, 0.05) is 18.7 Å². The molecule has 140 valence electrons. The quantitative estimate of drug-likeness (QED) is 0.837. The molecule has 1 fully saturated rings. The van der Waals surface area contributed by atoms with Crippen LogP contribution in [-0.4, -0.2) is 40.8 Å². The van der Waals surface area contributed by atoms with Gasteiger partial charge in [0.05, 0.1) is 5.92 Å². The van der Waals surface area contributed by atoms with Crippen molar-refractivity contribution in [3.8, 4) is 12.3 Å². The maximum absolute atomic E-state index is 12.1. The lowest BCUT2D eigenvalue weighted by Gasteiger charge is -2.35. The lowest BCUT2D eigenvalue weighted by Crippen LogP contribution is -2.44. The van der Waals surface area contributed by atoms with Gasteiger partial charge in [-0.15, -0.1) is 6.42 Å². The summed E-state index contributed by atoms with van der Waals surface area (Å²) in [6.45, 7) is 6.56. The molecule has 0 radical (unpaired) electrons. The molecule has 5 heteroatoms. The summed E-state index contributed by atoms with van der Waals surface area (Å²) in [7, 11) is 0. The number of carboxylic acid groups (broad SMARTS) is 1. The molecule has 0 aromatic heterocycles. The van der Waals surface area contributed by atoms with Gasteiger partial charge in [-0.2, -0.15) is 0 Å². The molecule has 1 atom stereocenters. The van der Waals surface area contributed by atoms with Crippen LogP contribution in [0, 0.1) is 24.2 Å². The lowest BCUT2D eigenvalue weighted by atomic mass is 9.80. The Balaban J connectivity index is 1.96. The zero-order chi connectivity index (χ0) is 19.3. The molecule has 1 amide bonds. The normalized spacial score (nSPS) is 16.6. The van der Waals surface area contributed by atoms with Crippen LogP contribution in [0.4, 0.5) is 4.79 Å². The number of aliphatic carboxylic acids is 1. The number of terminal acetylenes is 1. The Labute approximate surface area is 155 Å². The van der Waals surface area contributed by atoms with Crippen molar-refractivity contribution in [1.82, 2.24) is 4.90 Å². The molecule has 0 aliphatic carbocycles. The molecule has 1 N–H and O–H groups in total. The summed E-state index contributed by atoms with van der Waals surface area (Å²) in [6.07, 6.45) is 6.83. The second-order valence-corrected chi connectivity index (χ2v) is 7.79. The van der Waals surface area contributed by atoms with E-state index in [4.69, 9.17) is 11.2 Å². The molecule has 2 rings (SSSR count). The Morgan fingerprint density at radius 1 is 1.27 bits per heavy atom. The number of amides is 1. The highest BCUT2D eigenvalue weighted by Gasteiger charge is 2.33. The van der Waals surface area contributed by atoms with Gasteiger partial charge in [0.25, 0.3) is 0 Å². The number of nitrogens with zero attached hydrogens (tertiary/aromatic N) is 1. The second kappa shape index (κ2) is 8.27. The molecule has 1 unspecified atom stereocenters. The zero-order valence-electron chi connectivity index (χ0n) is 15.7. The van der Waals surface area contributed by atoms with Crippen molar-refractivity contribution in [1.29, 1.82) is 0 Å². The Bertz CT molecular complexity index is 673. The molecule has 0 spiro atoms. The van der Waals surface area contributed by atoms with Crippen LogP contribution in [0.25, 0.3) is 0 Å². The van der Waals surface area contributed by atoms with Crippen LogP contribution >= 0.6 is 0 Å². The molecule has 1 heterocycles. The van der Waals surface area contributed by atoms with Crippen molar-refractivity contribution < 1.29 is 19.4 Å². The maximum atomic E-state index is 12.1. The average Bonchev–Trinajstić information content (AvgIpc) is 2.58. The van der Waals surface area contributed by atoms with Crippen molar-refractivity contribution >= 4 is 12.1 Å². The summed E-state index contributed by atoms with van der Waals surface area (Å²) in [4.78, 5) is 25.6. The van der Waals surface area contributed by atoms with E-state index in [9.17, 15) is 14.7 Å². The number of benzene rings is 1. The van der Waals surface area contributed by atoms with E-state index in [1.807, 2.05) is 45.0 Å². The van der Waals surface area contributed by atoms with Crippen LogP contribution in [0.2, 0.25) is 0 Å². The monoisotopic (exact) mass is 357 g/mol. The molecular formula is C21H27NO4. The Morgan fingerprint density at radius 3 is 2.31 bits per heavy atom. The molecule has 1 aromatic carbocycles. The first-order valence-corrected chi connectivity index (χ1v) is 8.96. The third-order valence-electron chi connectivity index (χ3n) is 4.65. The van der Waals surface area contributed by atoms with E-state index < -0.39 is 17.5 Å². The fourth-order valence-electron chi connectivity index (χ4n) is 3.26. The third kappa shape index (κ3) is 5.52. The van der Waals surface area contributed by atoms with E-state index in [2.05, 4.69) is 5.92 Å². The predicted molar refractivity (Wildman–Crippen MR) is 99.7 cm³/mol. The van der Waals surface area contributed by atoms with E-state index >= 15 is 0 Å². The summed E-state index contributed by atoms with van der Waals surface area (Å²) in [5.41, 5.74) is 1.22. The van der Waals surface area contributed by atoms with Gasteiger partial charge in [0.15, 0.2) is 0 Å². The Hall–Kier alpha value is -2.48. The summed E-state index contributed by atoms with van der Waals surface area (Å²) in [5, 5.41) is 9.68. The van der Waals surface area contributed by atoms with Gasteiger partial charge in [-0.3, -0.25) is 4.79 Å². The molecule has 1 aliphatic heterocycles. The second-order valence-electron chi connectivity index (χ2n) is 7.79. The Morgan fingerprint density at radius 2 is 1.85 bits per heavy atom. The van der Waals surface area contributed by atoms with Crippen LogP contribution < -0.4 is 0 Å². The molecule has 0 saturated carbocycles. The molecule has 1 aromatic rings. The van der Waals surface area contributed by atoms with E-state index in [1.165, 1.54) is 0 Å². The van der Waals surface area contributed by atoms with E-state index in [-0.39, 0.29) is 12.0 Å². The number of hydrogen-bond acceptors (Lipinski definition) is 3. The summed E-state index contributed by atoms with van der Waals surface area (Å²) >= 11 is 0. The first-order chi connectivity index (χ1) is 12.2. The van der Waals surface area contributed by atoms with Crippen LogP contribution in [0.5, 0.6) is 0 Å². The Kier molecular flexibility index (Phi) is 6.31. The van der Waals surface area contributed by atoms with Gasteiger partial charge in [-0.25, -0.2) is 4.79 Å². The number of hydrogen-bond donors (Lipinski definition) is 1. The largest absolute Gasteiger partial charge is 0.481 e. The molecule has 0 bridgehead atoms. The van der Waals surface area contributed by atoms with Crippen molar-refractivity contribution in [2.24, 2.45) is 11.8 Å². The van der Waals surface area contributed by atoms with Gasteiger partial charge < -0.3 is 14.7 Å². The highest BCUT2D eigenvalue weighted by Crippen LogP contribution is 2.29. The van der Waals surface area contributed by atoms with Crippen molar-refractivity contribution in [3.63, 3.8) is 0 Å². The van der Waals surface area contributed by atoms with E-state index in [1.54, 1.807) is 4.90 Å². The number of rotatable bonds is 4. The minimum atomic E-state index is -0.790. The number of carbonyl (C=O) groups is 2. The van der Waals surface area contributed by atoms with Gasteiger partial charge in [0.2, 0.25) is 0 Å². The predicted octanol–water partition coefficient (Wildman–Crippen LogP) is 3.56. The SMILES string of the molecule is C#Cc1ccc(CC(C(=O)O)C2CCN(C(=O)OC(C)(C)C)CC2)cc1. The number of likely N-dealkylation sites (tertiary alicyclic amines) is 1. The third-order valence-corrected chi connectivity index (χ3v) is 4.65. The molecular weight excluding hydrogens is 330 g/mol. The fourth-order valence-corrected chi connectivity index (χ4v) is 3.26. The van der Waals surface area contributed by atoms with Gasteiger partial charge in [-0.1, -0.05) is 18.1 Å².